The molecule has 1 aliphatic rings. The van der Waals surface area contributed by atoms with Gasteiger partial charge in [-0.15, -0.1) is 0 Å². The van der Waals surface area contributed by atoms with Crippen molar-refractivity contribution in [1.29, 1.82) is 0 Å². The molecule has 106 valence electrons. The molecule has 1 atom stereocenters. The predicted octanol–water partition coefficient (Wildman–Crippen LogP) is 2.78. The number of rotatable bonds is 3. The number of nitrogens with zero attached hydrogens (tertiary/aromatic N) is 1. The van der Waals surface area contributed by atoms with E-state index < -0.39 is 11.6 Å². The summed E-state index contributed by atoms with van der Waals surface area (Å²) in [5.41, 5.74) is 0.710. The molecule has 0 amide bonds. The lowest BCUT2D eigenvalue weighted by atomic mass is 10.0. The van der Waals surface area contributed by atoms with Crippen LogP contribution in [0.1, 0.15) is 25.8 Å². The van der Waals surface area contributed by atoms with Gasteiger partial charge in [0, 0.05) is 25.2 Å². The van der Waals surface area contributed by atoms with Crippen LogP contribution in [-0.4, -0.2) is 30.6 Å². The van der Waals surface area contributed by atoms with Crippen LogP contribution in [0.5, 0.6) is 0 Å². The van der Waals surface area contributed by atoms with Gasteiger partial charge in [-0.1, -0.05) is 13.8 Å². The Kier molecular flexibility index (Phi) is 4.88. The Morgan fingerprint density at radius 3 is 2.58 bits per heavy atom. The molecule has 1 fully saturated rings. The molecule has 4 heteroatoms. The molecule has 1 aromatic carbocycles. The van der Waals surface area contributed by atoms with E-state index in [2.05, 4.69) is 24.1 Å². The third kappa shape index (κ3) is 4.25. The first-order valence-electron chi connectivity index (χ1n) is 6.95. The molecule has 1 heterocycles. The second kappa shape index (κ2) is 6.44. The highest BCUT2D eigenvalue weighted by Crippen LogP contribution is 2.14. The SMILES string of the molecule is CC(C)C1CN(Cc2cc(F)cc(F)c2)CCCN1. The Hall–Kier alpha value is -1.00. The normalized spacial score (nSPS) is 21.6. The van der Waals surface area contributed by atoms with Crippen LogP contribution in [0.15, 0.2) is 18.2 Å². The van der Waals surface area contributed by atoms with Crippen molar-refractivity contribution in [2.75, 3.05) is 19.6 Å². The van der Waals surface area contributed by atoms with Gasteiger partial charge >= 0.3 is 0 Å². The molecule has 0 saturated carbocycles. The molecule has 0 radical (unpaired) electrons. The van der Waals surface area contributed by atoms with Crippen LogP contribution in [-0.2, 0) is 6.54 Å². The lowest BCUT2D eigenvalue weighted by Crippen LogP contribution is -2.41. The van der Waals surface area contributed by atoms with Gasteiger partial charge in [-0.3, -0.25) is 4.90 Å². The summed E-state index contributed by atoms with van der Waals surface area (Å²) in [4.78, 5) is 2.28. The zero-order chi connectivity index (χ0) is 13.8. The summed E-state index contributed by atoms with van der Waals surface area (Å²) in [7, 11) is 0. The van der Waals surface area contributed by atoms with Crippen LogP contribution >= 0.6 is 0 Å². The van der Waals surface area contributed by atoms with Crippen molar-refractivity contribution in [3.05, 3.63) is 35.4 Å². The van der Waals surface area contributed by atoms with E-state index >= 15 is 0 Å². The summed E-state index contributed by atoms with van der Waals surface area (Å²) in [6.45, 7) is 7.91. The van der Waals surface area contributed by atoms with Gasteiger partial charge in [-0.25, -0.2) is 8.78 Å². The summed E-state index contributed by atoms with van der Waals surface area (Å²) in [6.07, 6.45) is 1.07. The molecular formula is C15H22F2N2. The molecule has 1 saturated heterocycles. The van der Waals surface area contributed by atoms with Crippen LogP contribution in [0, 0.1) is 17.6 Å². The Balaban J connectivity index is 2.04. The van der Waals surface area contributed by atoms with Gasteiger partial charge in [0.1, 0.15) is 11.6 Å². The minimum absolute atomic E-state index is 0.445. The molecule has 0 spiro atoms. The van der Waals surface area contributed by atoms with E-state index in [9.17, 15) is 8.78 Å². The summed E-state index contributed by atoms with van der Waals surface area (Å²) < 4.78 is 26.4. The van der Waals surface area contributed by atoms with E-state index in [0.29, 0.717) is 24.1 Å². The Labute approximate surface area is 113 Å². The van der Waals surface area contributed by atoms with E-state index in [0.717, 1.165) is 32.1 Å². The molecule has 1 aromatic rings. The molecule has 1 aliphatic heterocycles. The van der Waals surface area contributed by atoms with Crippen molar-refractivity contribution in [2.24, 2.45) is 5.92 Å². The standard InChI is InChI=1S/C15H22F2N2/c1-11(2)15-10-19(5-3-4-18-15)9-12-6-13(16)8-14(17)7-12/h6-8,11,15,18H,3-5,9-10H2,1-2H3. The third-order valence-electron chi connectivity index (χ3n) is 3.65. The van der Waals surface area contributed by atoms with Gasteiger partial charge in [0.25, 0.3) is 0 Å². The van der Waals surface area contributed by atoms with Crippen LogP contribution < -0.4 is 5.32 Å². The Bertz CT molecular complexity index is 400. The third-order valence-corrected chi connectivity index (χ3v) is 3.65. The topological polar surface area (TPSA) is 15.3 Å². The largest absolute Gasteiger partial charge is 0.312 e. The fourth-order valence-corrected chi connectivity index (χ4v) is 2.57. The Morgan fingerprint density at radius 1 is 1.26 bits per heavy atom. The van der Waals surface area contributed by atoms with E-state index in [-0.39, 0.29) is 0 Å². The van der Waals surface area contributed by atoms with Crippen LogP contribution in [0.4, 0.5) is 8.78 Å². The maximum Gasteiger partial charge on any atom is 0.126 e. The molecule has 0 bridgehead atoms. The molecule has 0 aromatic heterocycles. The van der Waals surface area contributed by atoms with Crippen LogP contribution in [0.3, 0.4) is 0 Å². The van der Waals surface area contributed by atoms with E-state index in [4.69, 9.17) is 0 Å². The van der Waals surface area contributed by atoms with Crippen molar-refractivity contribution in [1.82, 2.24) is 10.2 Å². The maximum atomic E-state index is 13.2. The fraction of sp³-hybridized carbons (Fsp3) is 0.600. The van der Waals surface area contributed by atoms with Gasteiger partial charge in [0.15, 0.2) is 0 Å². The predicted molar refractivity (Wildman–Crippen MR) is 72.9 cm³/mol. The van der Waals surface area contributed by atoms with Gasteiger partial charge < -0.3 is 5.32 Å². The van der Waals surface area contributed by atoms with Crippen LogP contribution in [0.2, 0.25) is 0 Å². The van der Waals surface area contributed by atoms with Gasteiger partial charge in [-0.2, -0.15) is 0 Å². The highest BCUT2D eigenvalue weighted by atomic mass is 19.1. The number of halogens is 2. The second-order valence-corrected chi connectivity index (χ2v) is 5.67. The van der Waals surface area contributed by atoms with Crippen molar-refractivity contribution >= 4 is 0 Å². The lowest BCUT2D eigenvalue weighted by Gasteiger charge is -2.26. The second-order valence-electron chi connectivity index (χ2n) is 5.67. The average molecular weight is 268 g/mol. The van der Waals surface area contributed by atoms with Crippen molar-refractivity contribution in [3.63, 3.8) is 0 Å². The number of benzene rings is 1. The number of hydrogen-bond acceptors (Lipinski definition) is 2. The zero-order valence-electron chi connectivity index (χ0n) is 11.6. The smallest absolute Gasteiger partial charge is 0.126 e. The molecular weight excluding hydrogens is 246 g/mol. The molecule has 19 heavy (non-hydrogen) atoms. The molecule has 2 rings (SSSR count). The summed E-state index contributed by atoms with van der Waals surface area (Å²) >= 11 is 0. The molecule has 1 N–H and O–H groups in total. The lowest BCUT2D eigenvalue weighted by molar-refractivity contribution is 0.238. The van der Waals surface area contributed by atoms with Crippen molar-refractivity contribution in [3.8, 4) is 0 Å². The highest BCUT2D eigenvalue weighted by molar-refractivity contribution is 5.17. The van der Waals surface area contributed by atoms with E-state index in [1.54, 1.807) is 0 Å². The minimum Gasteiger partial charge on any atom is -0.312 e. The molecule has 0 aliphatic carbocycles. The maximum absolute atomic E-state index is 13.2. The Morgan fingerprint density at radius 2 is 1.95 bits per heavy atom. The fourth-order valence-electron chi connectivity index (χ4n) is 2.57. The quantitative estimate of drug-likeness (QED) is 0.907. The van der Waals surface area contributed by atoms with E-state index in [1.807, 2.05) is 0 Å². The van der Waals surface area contributed by atoms with Gasteiger partial charge in [0.2, 0.25) is 0 Å². The summed E-state index contributed by atoms with van der Waals surface area (Å²) in [6, 6.07) is 4.21. The van der Waals surface area contributed by atoms with Gasteiger partial charge in [0.05, 0.1) is 0 Å². The summed E-state index contributed by atoms with van der Waals surface area (Å²) in [5.74, 6) is -0.434. The first kappa shape index (κ1) is 14.4. The van der Waals surface area contributed by atoms with E-state index in [1.165, 1.54) is 12.1 Å². The molecule has 1 unspecified atom stereocenters. The molecule has 2 nitrogen and oxygen atoms in total. The van der Waals surface area contributed by atoms with Crippen molar-refractivity contribution in [2.45, 2.75) is 32.9 Å². The average Bonchev–Trinajstić information content (AvgIpc) is 2.53. The number of hydrogen-bond donors (Lipinski definition) is 1. The highest BCUT2D eigenvalue weighted by Gasteiger charge is 2.20. The van der Waals surface area contributed by atoms with Crippen molar-refractivity contribution < 1.29 is 8.78 Å². The first-order valence-corrected chi connectivity index (χ1v) is 6.95. The van der Waals surface area contributed by atoms with Crippen LogP contribution in [0.25, 0.3) is 0 Å². The number of nitrogens with one attached hydrogen (secondary N) is 1. The minimum atomic E-state index is -0.497. The summed E-state index contributed by atoms with van der Waals surface area (Å²) in [5, 5.41) is 3.53. The van der Waals surface area contributed by atoms with Gasteiger partial charge in [-0.05, 0) is 43.1 Å². The zero-order valence-corrected chi connectivity index (χ0v) is 11.6. The monoisotopic (exact) mass is 268 g/mol. The first-order chi connectivity index (χ1) is 9.04.